The molecule has 1 fully saturated rings. The first kappa shape index (κ1) is 24.6. The van der Waals surface area contributed by atoms with Gasteiger partial charge in [-0.25, -0.2) is 4.98 Å². The maximum Gasteiger partial charge on any atom is 0.387 e. The number of ether oxygens (including phenoxy) is 2. The average molecular weight is 486 g/mol. The van der Waals surface area contributed by atoms with E-state index in [1.807, 2.05) is 11.8 Å². The number of nitrogens with one attached hydrogen (secondary N) is 1. The largest absolute Gasteiger partial charge is 0.481 e. The van der Waals surface area contributed by atoms with Crippen molar-refractivity contribution < 1.29 is 28.2 Å². The highest BCUT2D eigenvalue weighted by Gasteiger charge is 2.45. The molecule has 1 aromatic carbocycles. The number of halogens is 2. The number of alkyl halides is 2. The number of piperidine rings is 1. The van der Waals surface area contributed by atoms with Crippen molar-refractivity contribution in [3.63, 3.8) is 0 Å². The molecule has 2 atom stereocenters. The van der Waals surface area contributed by atoms with Crippen LogP contribution in [-0.4, -0.2) is 65.8 Å². The van der Waals surface area contributed by atoms with E-state index in [1.165, 1.54) is 30.6 Å². The second-order valence-electron chi connectivity index (χ2n) is 7.85. The summed E-state index contributed by atoms with van der Waals surface area (Å²) < 4.78 is 35.6. The van der Waals surface area contributed by atoms with Gasteiger partial charge in [0, 0.05) is 43.1 Å². The summed E-state index contributed by atoms with van der Waals surface area (Å²) in [6.45, 7) is 0.305. The first-order valence-corrected chi connectivity index (χ1v) is 11.2. The molecule has 3 rings (SSSR count). The van der Waals surface area contributed by atoms with Gasteiger partial charge in [-0.3, -0.25) is 9.69 Å². The molecule has 1 aromatic heterocycles. The van der Waals surface area contributed by atoms with Crippen molar-refractivity contribution in [1.82, 2.24) is 9.88 Å². The van der Waals surface area contributed by atoms with Crippen LogP contribution in [-0.2, 0) is 16.1 Å². The number of thiazole rings is 1. The fourth-order valence-electron chi connectivity index (χ4n) is 3.99. The van der Waals surface area contributed by atoms with Crippen LogP contribution in [0.2, 0.25) is 0 Å². The highest BCUT2D eigenvalue weighted by Crippen LogP contribution is 2.38. The minimum absolute atomic E-state index is 0.00992. The number of benzene rings is 1. The zero-order valence-corrected chi connectivity index (χ0v) is 19.4. The van der Waals surface area contributed by atoms with Crippen LogP contribution in [0.25, 0.3) is 10.6 Å². The second-order valence-corrected chi connectivity index (χ2v) is 9.67. The summed E-state index contributed by atoms with van der Waals surface area (Å²) in [5, 5.41) is 17.7. The molecule has 7 nitrogen and oxygen atoms in total. The van der Waals surface area contributed by atoms with E-state index in [0.717, 1.165) is 16.8 Å². The third-order valence-corrected chi connectivity index (χ3v) is 6.89. The molecule has 0 spiro atoms. The second kappa shape index (κ2) is 10.2. The number of carboxylic acids is 1. The van der Waals surface area contributed by atoms with Crippen LogP contribution in [0.3, 0.4) is 0 Å². The maximum atomic E-state index is 12.9. The van der Waals surface area contributed by atoms with Crippen molar-refractivity contribution in [2.45, 2.75) is 31.8 Å². The summed E-state index contributed by atoms with van der Waals surface area (Å²) in [7, 11) is 1.48. The van der Waals surface area contributed by atoms with E-state index >= 15 is 0 Å². The van der Waals surface area contributed by atoms with Gasteiger partial charge in [-0.05, 0) is 37.1 Å². The first-order valence-electron chi connectivity index (χ1n) is 9.86. The number of rotatable bonds is 9. The predicted octanol–water partition coefficient (Wildman–Crippen LogP) is 3.94. The zero-order valence-electron chi connectivity index (χ0n) is 17.7. The van der Waals surface area contributed by atoms with E-state index in [4.69, 9.17) is 10.1 Å². The Balaban J connectivity index is 1.89. The molecule has 1 unspecified atom stereocenters. The van der Waals surface area contributed by atoms with E-state index in [2.05, 4.69) is 22.3 Å². The SMILES string of the molecule is COC[C@@]1(C(=O)O)CC(S)CN(Cc2sc(-c3cc(C=N)ccc3OC(F)F)nc2C)C1. The highest BCUT2D eigenvalue weighted by atomic mass is 32.1. The number of carbonyl (C=O) groups is 1. The molecule has 1 saturated heterocycles. The molecule has 1 aliphatic rings. The molecule has 0 amide bonds. The lowest BCUT2D eigenvalue weighted by Gasteiger charge is -2.42. The molecule has 2 heterocycles. The highest BCUT2D eigenvalue weighted by molar-refractivity contribution is 7.81. The van der Waals surface area contributed by atoms with Gasteiger partial charge < -0.3 is 20.0 Å². The lowest BCUT2D eigenvalue weighted by molar-refractivity contribution is -0.156. The predicted molar refractivity (Wildman–Crippen MR) is 121 cm³/mol. The molecule has 0 aliphatic carbocycles. The molecule has 1 aliphatic heterocycles. The summed E-state index contributed by atoms with van der Waals surface area (Å²) in [6, 6.07) is 4.52. The molecule has 2 aromatic rings. The van der Waals surface area contributed by atoms with Crippen LogP contribution >= 0.6 is 24.0 Å². The number of aliphatic carboxylic acids is 1. The van der Waals surface area contributed by atoms with Gasteiger partial charge in [0.15, 0.2) is 0 Å². The molecule has 0 saturated carbocycles. The molecule has 2 N–H and O–H groups in total. The van der Waals surface area contributed by atoms with E-state index < -0.39 is 18.0 Å². The normalized spacial score (nSPS) is 21.6. The topological polar surface area (TPSA) is 95.7 Å². The number of carboxylic acid groups (broad SMARTS) is 1. The number of likely N-dealkylation sites (tertiary alicyclic amines) is 1. The minimum Gasteiger partial charge on any atom is -0.481 e. The monoisotopic (exact) mass is 485 g/mol. The number of hydrogen-bond acceptors (Lipinski definition) is 8. The van der Waals surface area contributed by atoms with Gasteiger partial charge in [0.05, 0.1) is 17.9 Å². The quantitative estimate of drug-likeness (QED) is 0.368. The van der Waals surface area contributed by atoms with Gasteiger partial charge >= 0.3 is 12.6 Å². The number of aromatic nitrogens is 1. The van der Waals surface area contributed by atoms with Crippen molar-refractivity contribution in [2.24, 2.45) is 5.41 Å². The molecular weight excluding hydrogens is 460 g/mol. The van der Waals surface area contributed by atoms with Gasteiger partial charge in [0.1, 0.15) is 16.2 Å². The number of aryl methyl sites for hydroxylation is 1. The summed E-state index contributed by atoms with van der Waals surface area (Å²) in [5.41, 5.74) is 0.603. The van der Waals surface area contributed by atoms with Crippen molar-refractivity contribution in [1.29, 1.82) is 5.41 Å². The van der Waals surface area contributed by atoms with Crippen molar-refractivity contribution >= 4 is 36.1 Å². The van der Waals surface area contributed by atoms with Crippen LogP contribution in [0.15, 0.2) is 18.2 Å². The Morgan fingerprint density at radius 2 is 2.28 bits per heavy atom. The lowest BCUT2D eigenvalue weighted by Crippen LogP contribution is -2.53. The third-order valence-electron chi connectivity index (χ3n) is 5.37. The standard InChI is InChI=1S/C21H25F2N3O4S2/c1-12-17(9-26-8-14(31)6-21(10-26,11-29-2)19(27)28)32-18(25-12)15-5-13(7-24)3-4-16(15)30-20(22)23/h3-5,7,14,20,24,31H,6,8-11H2,1-2H3,(H,27,28)/t14?,21-/m1/s1. The molecule has 0 radical (unpaired) electrons. The van der Waals surface area contributed by atoms with E-state index in [9.17, 15) is 18.7 Å². The molecule has 32 heavy (non-hydrogen) atoms. The Hall–Kier alpha value is -2.08. The summed E-state index contributed by atoms with van der Waals surface area (Å²) in [4.78, 5) is 19.5. The Bertz CT molecular complexity index is 988. The minimum atomic E-state index is -2.98. The zero-order chi connectivity index (χ0) is 23.5. The smallest absolute Gasteiger partial charge is 0.387 e. The average Bonchev–Trinajstić information content (AvgIpc) is 3.07. The number of hydrogen-bond donors (Lipinski definition) is 3. The van der Waals surface area contributed by atoms with Gasteiger partial charge in [-0.15, -0.1) is 11.3 Å². The summed E-state index contributed by atoms with van der Waals surface area (Å²) in [6.07, 6.45) is 1.53. The molecule has 174 valence electrons. The van der Waals surface area contributed by atoms with Gasteiger partial charge in [0.25, 0.3) is 0 Å². The summed E-state index contributed by atoms with van der Waals surface area (Å²) in [5.74, 6) is -0.925. The Labute approximate surface area is 194 Å². The molecular formula is C21H25F2N3O4S2. The fourth-order valence-corrected chi connectivity index (χ4v) is 5.69. The summed E-state index contributed by atoms with van der Waals surface area (Å²) >= 11 is 5.90. The van der Waals surface area contributed by atoms with Gasteiger partial charge in [-0.2, -0.15) is 21.4 Å². The fraction of sp³-hybridized carbons (Fsp3) is 0.476. The van der Waals surface area contributed by atoms with Crippen LogP contribution < -0.4 is 4.74 Å². The van der Waals surface area contributed by atoms with Crippen LogP contribution in [0.4, 0.5) is 8.78 Å². The first-order chi connectivity index (χ1) is 15.2. The van der Waals surface area contributed by atoms with Crippen molar-refractivity contribution in [3.05, 3.63) is 34.3 Å². The van der Waals surface area contributed by atoms with Gasteiger partial charge in [0.2, 0.25) is 0 Å². The maximum absolute atomic E-state index is 12.9. The van der Waals surface area contributed by atoms with E-state index in [1.54, 1.807) is 6.07 Å². The van der Waals surface area contributed by atoms with E-state index in [0.29, 0.717) is 42.2 Å². The van der Waals surface area contributed by atoms with Crippen LogP contribution in [0, 0.1) is 17.7 Å². The lowest BCUT2D eigenvalue weighted by atomic mass is 9.80. The van der Waals surface area contributed by atoms with Crippen LogP contribution in [0.5, 0.6) is 5.75 Å². The Morgan fingerprint density at radius 3 is 2.91 bits per heavy atom. The Kier molecular flexibility index (Phi) is 7.86. The van der Waals surface area contributed by atoms with Gasteiger partial charge in [-0.1, -0.05) is 0 Å². The number of methoxy groups -OCH3 is 1. The number of thiol groups is 1. The van der Waals surface area contributed by atoms with Crippen molar-refractivity contribution in [2.75, 3.05) is 26.8 Å². The Morgan fingerprint density at radius 1 is 1.53 bits per heavy atom. The van der Waals surface area contributed by atoms with Crippen molar-refractivity contribution in [3.8, 4) is 16.3 Å². The van der Waals surface area contributed by atoms with Crippen LogP contribution in [0.1, 0.15) is 22.6 Å². The molecule has 0 bridgehead atoms. The van der Waals surface area contributed by atoms with E-state index in [-0.39, 0.29) is 17.6 Å². The third kappa shape index (κ3) is 5.45. The molecule has 11 heteroatoms. The number of nitrogens with zero attached hydrogens (tertiary/aromatic N) is 2.